The molecule has 0 aliphatic carbocycles. The van der Waals surface area contributed by atoms with E-state index in [1.165, 1.54) is 5.56 Å². The summed E-state index contributed by atoms with van der Waals surface area (Å²) < 4.78 is 12.4. The molecule has 0 saturated carbocycles. The number of hydrogen-bond donors (Lipinski definition) is 1. The second-order valence-electron chi connectivity index (χ2n) is 7.20. The summed E-state index contributed by atoms with van der Waals surface area (Å²) in [5.74, 6) is 1.17. The maximum absolute atomic E-state index is 12.7. The van der Waals surface area contributed by atoms with Crippen LogP contribution in [-0.4, -0.2) is 18.6 Å². The van der Waals surface area contributed by atoms with Crippen molar-refractivity contribution in [3.8, 4) is 11.5 Å². The fourth-order valence-corrected chi connectivity index (χ4v) is 3.46. The Balaban J connectivity index is 1.60. The predicted octanol–water partition coefficient (Wildman–Crippen LogP) is 6.50. The van der Waals surface area contributed by atoms with Gasteiger partial charge in [0, 0.05) is 5.56 Å². The number of benzene rings is 3. The summed E-state index contributed by atoms with van der Waals surface area (Å²) in [6.45, 7) is 4.50. The van der Waals surface area contributed by atoms with E-state index in [0.717, 1.165) is 17.3 Å². The van der Waals surface area contributed by atoms with Gasteiger partial charge in [0.05, 0.1) is 22.9 Å². The molecule has 0 radical (unpaired) electrons. The van der Waals surface area contributed by atoms with Gasteiger partial charge in [-0.2, -0.15) is 0 Å². The van der Waals surface area contributed by atoms with Crippen molar-refractivity contribution in [2.45, 2.75) is 32.8 Å². The molecule has 0 unspecified atom stereocenters. The van der Waals surface area contributed by atoms with E-state index < -0.39 is 0 Å². The van der Waals surface area contributed by atoms with Crippen molar-refractivity contribution in [3.05, 3.63) is 88.4 Å². The van der Waals surface area contributed by atoms with E-state index >= 15 is 0 Å². The first-order chi connectivity index (χ1) is 14.5. The third-order valence-corrected chi connectivity index (χ3v) is 5.02. The van der Waals surface area contributed by atoms with Crippen LogP contribution in [0.25, 0.3) is 0 Å². The zero-order valence-electron chi connectivity index (χ0n) is 17.2. The normalized spacial score (nSPS) is 10.7. The molecule has 5 heteroatoms. The molecule has 0 aliphatic rings. The lowest BCUT2D eigenvalue weighted by molar-refractivity contribution is 0.102. The van der Waals surface area contributed by atoms with E-state index in [9.17, 15) is 4.79 Å². The number of anilines is 1. The predicted molar refractivity (Wildman–Crippen MR) is 125 cm³/mol. The zero-order valence-corrected chi connectivity index (χ0v) is 18.8. The van der Waals surface area contributed by atoms with E-state index in [4.69, 9.17) is 9.47 Å². The molecule has 3 aromatic rings. The van der Waals surface area contributed by atoms with E-state index in [2.05, 4.69) is 33.4 Å². The molecular weight excluding hydrogens is 442 g/mol. The minimum Gasteiger partial charge on any atom is -0.491 e. The Labute approximate surface area is 186 Å². The lowest BCUT2D eigenvalue weighted by atomic mass is 10.1. The van der Waals surface area contributed by atoms with E-state index in [1.807, 2.05) is 56.3 Å². The Morgan fingerprint density at radius 2 is 1.70 bits per heavy atom. The zero-order chi connectivity index (χ0) is 21.3. The third-order valence-electron chi connectivity index (χ3n) is 4.40. The summed E-state index contributed by atoms with van der Waals surface area (Å²) in [6.07, 6.45) is 1.91. The standard InChI is InChI=1S/C25H26BrNO3/c1-18(2)30-23-15-14-20(17-21(23)26)25(28)27-22-12-6-7-13-24(22)29-16-8-11-19-9-4-3-5-10-19/h3-7,9-10,12-15,17-18H,8,11,16H2,1-2H3,(H,27,28). The van der Waals surface area contributed by atoms with Crippen LogP contribution in [0.1, 0.15) is 36.2 Å². The molecular formula is C25H26BrNO3. The number of halogens is 1. The van der Waals surface area contributed by atoms with Crippen LogP contribution in [0.3, 0.4) is 0 Å². The van der Waals surface area contributed by atoms with Crippen LogP contribution in [0.2, 0.25) is 0 Å². The quantitative estimate of drug-likeness (QED) is 0.365. The summed E-state index contributed by atoms with van der Waals surface area (Å²) in [7, 11) is 0. The first-order valence-corrected chi connectivity index (χ1v) is 10.9. The lowest BCUT2D eigenvalue weighted by Gasteiger charge is -2.14. The van der Waals surface area contributed by atoms with Crippen LogP contribution >= 0.6 is 15.9 Å². The number of para-hydroxylation sites is 2. The molecule has 0 spiro atoms. The van der Waals surface area contributed by atoms with Gasteiger partial charge >= 0.3 is 0 Å². The minimum atomic E-state index is -0.202. The van der Waals surface area contributed by atoms with Gasteiger partial charge in [0.25, 0.3) is 5.91 Å². The van der Waals surface area contributed by atoms with Crippen molar-refractivity contribution in [2.24, 2.45) is 0 Å². The summed E-state index contributed by atoms with van der Waals surface area (Å²) in [4.78, 5) is 12.7. The number of amides is 1. The largest absolute Gasteiger partial charge is 0.491 e. The lowest BCUT2D eigenvalue weighted by Crippen LogP contribution is -2.13. The molecule has 0 saturated heterocycles. The molecule has 0 aromatic heterocycles. The van der Waals surface area contributed by atoms with Crippen molar-refractivity contribution in [1.82, 2.24) is 0 Å². The molecule has 4 nitrogen and oxygen atoms in total. The number of aryl methyl sites for hydroxylation is 1. The first kappa shape index (κ1) is 21.9. The highest BCUT2D eigenvalue weighted by molar-refractivity contribution is 9.10. The van der Waals surface area contributed by atoms with Gasteiger partial charge in [0.1, 0.15) is 11.5 Å². The van der Waals surface area contributed by atoms with Crippen molar-refractivity contribution in [2.75, 3.05) is 11.9 Å². The minimum absolute atomic E-state index is 0.0619. The Morgan fingerprint density at radius 3 is 2.43 bits per heavy atom. The summed E-state index contributed by atoms with van der Waals surface area (Å²) in [5.41, 5.74) is 2.48. The summed E-state index contributed by atoms with van der Waals surface area (Å²) in [5, 5.41) is 2.95. The van der Waals surface area contributed by atoms with Crippen molar-refractivity contribution < 1.29 is 14.3 Å². The molecule has 1 amide bonds. The Hall–Kier alpha value is -2.79. The highest BCUT2D eigenvalue weighted by Crippen LogP contribution is 2.29. The van der Waals surface area contributed by atoms with Crippen LogP contribution in [0, 0.1) is 0 Å². The van der Waals surface area contributed by atoms with Crippen LogP contribution in [0.4, 0.5) is 5.69 Å². The Bertz CT molecular complexity index is 973. The molecule has 156 valence electrons. The highest BCUT2D eigenvalue weighted by Gasteiger charge is 2.13. The topological polar surface area (TPSA) is 47.6 Å². The fourth-order valence-electron chi connectivity index (χ4n) is 2.98. The number of nitrogens with one attached hydrogen (secondary N) is 1. The molecule has 1 N–H and O–H groups in total. The molecule has 3 aromatic carbocycles. The van der Waals surface area contributed by atoms with Gasteiger partial charge in [-0.15, -0.1) is 0 Å². The molecule has 0 bridgehead atoms. The molecule has 0 aliphatic heterocycles. The van der Waals surface area contributed by atoms with Gasteiger partial charge in [0.2, 0.25) is 0 Å². The van der Waals surface area contributed by atoms with Gasteiger partial charge in [0.15, 0.2) is 0 Å². The van der Waals surface area contributed by atoms with E-state index in [-0.39, 0.29) is 12.0 Å². The highest BCUT2D eigenvalue weighted by atomic mass is 79.9. The molecule has 0 heterocycles. The number of ether oxygens (including phenoxy) is 2. The average Bonchev–Trinajstić information content (AvgIpc) is 2.74. The Kier molecular flexibility index (Phi) is 7.91. The van der Waals surface area contributed by atoms with Crippen LogP contribution in [0.15, 0.2) is 77.3 Å². The number of hydrogen-bond acceptors (Lipinski definition) is 3. The number of carbonyl (C=O) groups is 1. The maximum atomic E-state index is 12.7. The number of carbonyl (C=O) groups excluding carboxylic acids is 1. The molecule has 30 heavy (non-hydrogen) atoms. The van der Waals surface area contributed by atoms with Gasteiger partial charge in [-0.25, -0.2) is 0 Å². The van der Waals surface area contributed by atoms with Gasteiger partial charge in [-0.1, -0.05) is 42.5 Å². The van der Waals surface area contributed by atoms with Crippen molar-refractivity contribution >= 4 is 27.5 Å². The van der Waals surface area contributed by atoms with Crippen molar-refractivity contribution in [1.29, 1.82) is 0 Å². The fraction of sp³-hybridized carbons (Fsp3) is 0.240. The third kappa shape index (κ3) is 6.36. The summed E-state index contributed by atoms with van der Waals surface area (Å²) >= 11 is 3.48. The van der Waals surface area contributed by atoms with Gasteiger partial charge < -0.3 is 14.8 Å². The molecule has 0 atom stereocenters. The Morgan fingerprint density at radius 1 is 0.967 bits per heavy atom. The molecule has 3 rings (SSSR count). The second kappa shape index (κ2) is 10.8. The van der Waals surface area contributed by atoms with Crippen LogP contribution < -0.4 is 14.8 Å². The van der Waals surface area contributed by atoms with E-state index in [1.54, 1.807) is 18.2 Å². The van der Waals surface area contributed by atoms with Crippen LogP contribution in [0.5, 0.6) is 11.5 Å². The van der Waals surface area contributed by atoms with Gasteiger partial charge in [-0.05, 0) is 78.5 Å². The summed E-state index contributed by atoms with van der Waals surface area (Å²) in [6, 6.07) is 23.1. The molecule has 0 fully saturated rings. The smallest absolute Gasteiger partial charge is 0.255 e. The maximum Gasteiger partial charge on any atom is 0.255 e. The SMILES string of the molecule is CC(C)Oc1ccc(C(=O)Nc2ccccc2OCCCc2ccccc2)cc1Br. The average molecular weight is 468 g/mol. The van der Waals surface area contributed by atoms with Crippen LogP contribution in [-0.2, 0) is 6.42 Å². The number of rotatable bonds is 9. The van der Waals surface area contributed by atoms with E-state index in [0.29, 0.717) is 29.4 Å². The van der Waals surface area contributed by atoms with Gasteiger partial charge in [-0.3, -0.25) is 4.79 Å². The van der Waals surface area contributed by atoms with Crippen molar-refractivity contribution in [3.63, 3.8) is 0 Å². The monoisotopic (exact) mass is 467 g/mol. The second-order valence-corrected chi connectivity index (χ2v) is 8.05. The first-order valence-electron chi connectivity index (χ1n) is 10.1.